The Morgan fingerprint density at radius 1 is 1.21 bits per heavy atom. The SMILES string of the molecule is CNc1cc(-c2ccc(OC)c(Cl)c2Cl)nc(N)n1. The highest BCUT2D eigenvalue weighted by Gasteiger charge is 2.14. The normalized spacial score (nSPS) is 10.3. The number of hydrogen-bond donors (Lipinski definition) is 2. The number of ether oxygens (including phenoxy) is 1. The molecule has 0 saturated carbocycles. The second-order valence-electron chi connectivity index (χ2n) is 3.69. The van der Waals surface area contributed by atoms with E-state index >= 15 is 0 Å². The number of nitrogen functional groups attached to an aromatic ring is 1. The summed E-state index contributed by atoms with van der Waals surface area (Å²) in [5.74, 6) is 1.27. The Balaban J connectivity index is 2.59. The molecule has 2 aromatic rings. The molecule has 0 atom stereocenters. The van der Waals surface area contributed by atoms with Gasteiger partial charge in [-0.05, 0) is 12.1 Å². The first-order chi connectivity index (χ1) is 9.06. The Hall–Kier alpha value is -1.72. The summed E-state index contributed by atoms with van der Waals surface area (Å²) in [7, 11) is 3.27. The maximum atomic E-state index is 6.23. The number of methoxy groups -OCH3 is 1. The predicted molar refractivity (Wildman–Crippen MR) is 78.0 cm³/mol. The molecule has 2 rings (SSSR count). The van der Waals surface area contributed by atoms with Crippen molar-refractivity contribution in [3.8, 4) is 17.0 Å². The van der Waals surface area contributed by atoms with Crippen molar-refractivity contribution < 1.29 is 4.74 Å². The van der Waals surface area contributed by atoms with Crippen molar-refractivity contribution in [1.29, 1.82) is 0 Å². The van der Waals surface area contributed by atoms with Crippen molar-refractivity contribution in [3.05, 3.63) is 28.2 Å². The van der Waals surface area contributed by atoms with Gasteiger partial charge >= 0.3 is 0 Å². The molecule has 1 heterocycles. The molecule has 7 heteroatoms. The van der Waals surface area contributed by atoms with Crippen LogP contribution in [-0.4, -0.2) is 24.1 Å². The van der Waals surface area contributed by atoms with Gasteiger partial charge in [0.25, 0.3) is 0 Å². The van der Waals surface area contributed by atoms with Crippen molar-refractivity contribution in [1.82, 2.24) is 9.97 Å². The fourth-order valence-electron chi connectivity index (χ4n) is 1.62. The molecule has 19 heavy (non-hydrogen) atoms. The quantitative estimate of drug-likeness (QED) is 0.911. The maximum Gasteiger partial charge on any atom is 0.222 e. The van der Waals surface area contributed by atoms with E-state index in [0.717, 1.165) is 0 Å². The number of aromatic nitrogens is 2. The summed E-state index contributed by atoms with van der Waals surface area (Å²) in [6, 6.07) is 5.23. The lowest BCUT2D eigenvalue weighted by Crippen LogP contribution is -2.01. The second kappa shape index (κ2) is 5.50. The van der Waals surface area contributed by atoms with Gasteiger partial charge in [-0.2, -0.15) is 4.98 Å². The number of anilines is 2. The van der Waals surface area contributed by atoms with Gasteiger partial charge in [0.1, 0.15) is 16.6 Å². The number of nitrogens with one attached hydrogen (secondary N) is 1. The summed E-state index contributed by atoms with van der Waals surface area (Å²) in [5, 5.41) is 3.60. The van der Waals surface area contributed by atoms with Crippen LogP contribution in [0.25, 0.3) is 11.3 Å². The van der Waals surface area contributed by atoms with E-state index in [1.807, 2.05) is 0 Å². The van der Waals surface area contributed by atoms with E-state index in [9.17, 15) is 0 Å². The van der Waals surface area contributed by atoms with E-state index in [1.54, 1.807) is 25.2 Å². The smallest absolute Gasteiger partial charge is 0.222 e. The number of benzene rings is 1. The van der Waals surface area contributed by atoms with Crippen molar-refractivity contribution in [2.45, 2.75) is 0 Å². The first-order valence-electron chi connectivity index (χ1n) is 5.41. The molecule has 1 aromatic carbocycles. The molecule has 100 valence electrons. The molecule has 0 bridgehead atoms. The fraction of sp³-hybridized carbons (Fsp3) is 0.167. The van der Waals surface area contributed by atoms with E-state index in [1.165, 1.54) is 7.11 Å². The van der Waals surface area contributed by atoms with Gasteiger partial charge in [-0.3, -0.25) is 0 Å². The lowest BCUT2D eigenvalue weighted by molar-refractivity contribution is 0.415. The first-order valence-corrected chi connectivity index (χ1v) is 6.17. The Kier molecular flexibility index (Phi) is 3.97. The third-order valence-corrected chi connectivity index (χ3v) is 3.41. The Bertz CT molecular complexity index is 619. The van der Waals surface area contributed by atoms with Gasteiger partial charge in [0.05, 0.1) is 17.8 Å². The molecular weight excluding hydrogens is 287 g/mol. The molecule has 0 aliphatic rings. The molecule has 0 aliphatic heterocycles. The Morgan fingerprint density at radius 3 is 2.58 bits per heavy atom. The minimum absolute atomic E-state index is 0.157. The minimum Gasteiger partial charge on any atom is -0.495 e. The fourth-order valence-corrected chi connectivity index (χ4v) is 2.11. The summed E-state index contributed by atoms with van der Waals surface area (Å²) in [4.78, 5) is 8.17. The monoisotopic (exact) mass is 298 g/mol. The lowest BCUT2D eigenvalue weighted by atomic mass is 10.1. The van der Waals surface area contributed by atoms with Crippen LogP contribution in [-0.2, 0) is 0 Å². The highest BCUT2D eigenvalue weighted by Crippen LogP contribution is 2.39. The van der Waals surface area contributed by atoms with Gasteiger partial charge < -0.3 is 15.8 Å². The van der Waals surface area contributed by atoms with Crippen LogP contribution in [0.5, 0.6) is 5.75 Å². The van der Waals surface area contributed by atoms with Crippen LogP contribution in [0.3, 0.4) is 0 Å². The molecule has 1 aromatic heterocycles. The lowest BCUT2D eigenvalue weighted by Gasteiger charge is -2.10. The van der Waals surface area contributed by atoms with Gasteiger partial charge in [0, 0.05) is 18.7 Å². The predicted octanol–water partition coefficient (Wildman–Crippen LogP) is 3.08. The van der Waals surface area contributed by atoms with Gasteiger partial charge in [0.2, 0.25) is 5.95 Å². The van der Waals surface area contributed by atoms with Crippen molar-refractivity contribution in [2.75, 3.05) is 25.2 Å². The third-order valence-electron chi connectivity index (χ3n) is 2.54. The van der Waals surface area contributed by atoms with Crippen LogP contribution in [0.4, 0.5) is 11.8 Å². The zero-order valence-electron chi connectivity index (χ0n) is 10.4. The van der Waals surface area contributed by atoms with E-state index < -0.39 is 0 Å². The topological polar surface area (TPSA) is 73.1 Å². The standard InChI is InChI=1S/C12H12Cl2N4O/c1-16-9-5-7(17-12(15)18-9)6-3-4-8(19-2)11(14)10(6)13/h3-5H,1-2H3,(H3,15,16,17,18). The highest BCUT2D eigenvalue weighted by molar-refractivity contribution is 6.44. The van der Waals surface area contributed by atoms with Gasteiger partial charge in [0.15, 0.2) is 0 Å². The summed E-state index contributed by atoms with van der Waals surface area (Å²) < 4.78 is 5.10. The minimum atomic E-state index is 0.157. The maximum absolute atomic E-state index is 6.23. The molecule has 0 amide bonds. The number of nitrogens with two attached hydrogens (primary N) is 1. The summed E-state index contributed by atoms with van der Waals surface area (Å²) in [5.41, 5.74) is 6.91. The van der Waals surface area contributed by atoms with Crippen LogP contribution in [0.15, 0.2) is 18.2 Å². The molecule has 0 unspecified atom stereocenters. The van der Waals surface area contributed by atoms with Crippen LogP contribution >= 0.6 is 23.2 Å². The molecule has 3 N–H and O–H groups in total. The molecule has 0 fully saturated rings. The number of hydrogen-bond acceptors (Lipinski definition) is 5. The zero-order valence-corrected chi connectivity index (χ0v) is 11.9. The zero-order chi connectivity index (χ0) is 14.0. The van der Waals surface area contributed by atoms with Crippen LogP contribution < -0.4 is 15.8 Å². The van der Waals surface area contributed by atoms with E-state index in [0.29, 0.717) is 32.9 Å². The van der Waals surface area contributed by atoms with E-state index in [2.05, 4.69) is 15.3 Å². The van der Waals surface area contributed by atoms with Crippen LogP contribution in [0, 0.1) is 0 Å². The molecule has 0 aliphatic carbocycles. The molecule has 0 spiro atoms. The molecule has 0 saturated heterocycles. The highest BCUT2D eigenvalue weighted by atomic mass is 35.5. The number of rotatable bonds is 3. The second-order valence-corrected chi connectivity index (χ2v) is 4.45. The summed E-state index contributed by atoms with van der Waals surface area (Å²) in [6.07, 6.45) is 0. The number of halogens is 2. The summed E-state index contributed by atoms with van der Waals surface area (Å²) >= 11 is 12.3. The van der Waals surface area contributed by atoms with Gasteiger partial charge in [-0.1, -0.05) is 23.2 Å². The first kappa shape index (κ1) is 13.7. The molecule has 0 radical (unpaired) electrons. The Labute approximate surface area is 120 Å². The van der Waals surface area contributed by atoms with Gasteiger partial charge in [-0.15, -0.1) is 0 Å². The van der Waals surface area contributed by atoms with E-state index in [4.69, 9.17) is 33.7 Å². The van der Waals surface area contributed by atoms with Crippen LogP contribution in [0.1, 0.15) is 0 Å². The number of nitrogens with zero attached hydrogens (tertiary/aromatic N) is 2. The summed E-state index contributed by atoms with van der Waals surface area (Å²) in [6.45, 7) is 0. The van der Waals surface area contributed by atoms with Gasteiger partial charge in [-0.25, -0.2) is 4.98 Å². The van der Waals surface area contributed by atoms with E-state index in [-0.39, 0.29) is 5.95 Å². The Morgan fingerprint density at radius 2 is 1.95 bits per heavy atom. The average molecular weight is 299 g/mol. The van der Waals surface area contributed by atoms with Crippen molar-refractivity contribution in [2.24, 2.45) is 0 Å². The van der Waals surface area contributed by atoms with Crippen LogP contribution in [0.2, 0.25) is 10.0 Å². The average Bonchev–Trinajstić information content (AvgIpc) is 2.41. The van der Waals surface area contributed by atoms with Crippen molar-refractivity contribution in [3.63, 3.8) is 0 Å². The third kappa shape index (κ3) is 2.67. The molecule has 5 nitrogen and oxygen atoms in total. The molecular formula is C12H12Cl2N4O. The van der Waals surface area contributed by atoms with Crippen molar-refractivity contribution >= 4 is 35.0 Å². The largest absolute Gasteiger partial charge is 0.495 e.